The molecule has 0 saturated heterocycles. The molecule has 0 unspecified atom stereocenters. The van der Waals surface area contributed by atoms with Crippen molar-refractivity contribution in [1.82, 2.24) is 0 Å². The van der Waals surface area contributed by atoms with E-state index in [1.54, 1.807) is 85.0 Å². The van der Waals surface area contributed by atoms with Crippen LogP contribution in [0.1, 0.15) is 55.5 Å². The lowest BCUT2D eigenvalue weighted by molar-refractivity contribution is 0.480. The molecule has 16 heteroatoms. The van der Waals surface area contributed by atoms with Crippen LogP contribution in [-0.2, 0) is 46.2 Å². The van der Waals surface area contributed by atoms with Gasteiger partial charge in [-0.1, -0.05) is 122 Å². The van der Waals surface area contributed by atoms with Crippen LogP contribution in [0.4, 0.5) is 0 Å². The molecular formula is C49H66O12S4. The summed E-state index contributed by atoms with van der Waals surface area (Å²) in [7, 11) is -16.1. The molecular weight excluding hydrogens is 909 g/mol. The van der Waals surface area contributed by atoms with Crippen LogP contribution in [0.25, 0.3) is 24.3 Å². The minimum Gasteiger partial charge on any atom is -0.285 e. The van der Waals surface area contributed by atoms with Crippen molar-refractivity contribution in [1.29, 1.82) is 0 Å². The van der Waals surface area contributed by atoms with E-state index < -0.39 is 40.5 Å². The van der Waals surface area contributed by atoms with Crippen molar-refractivity contribution in [3.63, 3.8) is 0 Å². The van der Waals surface area contributed by atoms with E-state index in [0.29, 0.717) is 5.56 Å². The summed E-state index contributed by atoms with van der Waals surface area (Å²) in [5.74, 6) is -0.343. The Balaban J connectivity index is -0.000000161. The van der Waals surface area contributed by atoms with Crippen LogP contribution in [0.3, 0.4) is 0 Å². The second-order valence-electron chi connectivity index (χ2n) is 11.8. The summed E-state index contributed by atoms with van der Waals surface area (Å²) in [5, 5.41) is 0. The summed E-state index contributed by atoms with van der Waals surface area (Å²) in [5.41, 5.74) is 6.24. The zero-order valence-electron chi connectivity index (χ0n) is 37.8. The highest BCUT2D eigenvalue weighted by Gasteiger charge is 2.09. The van der Waals surface area contributed by atoms with Crippen molar-refractivity contribution >= 4 is 64.8 Å². The van der Waals surface area contributed by atoms with Gasteiger partial charge in [0.25, 0.3) is 40.5 Å². The second kappa shape index (κ2) is 39.5. The molecule has 0 atom stereocenters. The molecule has 0 aromatic heterocycles. The lowest BCUT2D eigenvalue weighted by Gasteiger charge is -1.98. The summed E-state index contributed by atoms with van der Waals surface area (Å²) < 4.78 is 119. The fourth-order valence-corrected chi connectivity index (χ4v) is 5.34. The van der Waals surface area contributed by atoms with Gasteiger partial charge < -0.3 is 0 Å². The van der Waals surface area contributed by atoms with E-state index in [1.165, 1.54) is 47.5 Å². The highest BCUT2D eigenvalue weighted by molar-refractivity contribution is 7.86. The Morgan fingerprint density at radius 1 is 0.385 bits per heavy atom. The molecule has 0 radical (unpaired) electrons. The minimum absolute atomic E-state index is 0.104. The molecule has 4 rings (SSSR count). The van der Waals surface area contributed by atoms with Gasteiger partial charge in [-0.2, -0.15) is 33.7 Å². The van der Waals surface area contributed by atoms with Crippen LogP contribution in [-0.4, -0.2) is 51.9 Å². The summed E-state index contributed by atoms with van der Waals surface area (Å²) in [6, 6.07) is 24.1. The Hall–Kier alpha value is -6.08. The molecule has 0 saturated carbocycles. The smallest absolute Gasteiger partial charge is 0.285 e. The first-order valence-electron chi connectivity index (χ1n) is 18.1. The van der Waals surface area contributed by atoms with E-state index in [-0.39, 0.29) is 20.4 Å². The van der Waals surface area contributed by atoms with Gasteiger partial charge in [0.1, 0.15) is 5.75 Å². The highest BCUT2D eigenvalue weighted by Crippen LogP contribution is 2.12. The third-order valence-corrected chi connectivity index (χ3v) is 9.11. The molecule has 0 aliphatic rings. The molecule has 0 heterocycles. The molecule has 12 nitrogen and oxygen atoms in total. The van der Waals surface area contributed by atoms with Crippen molar-refractivity contribution < 1.29 is 51.9 Å². The van der Waals surface area contributed by atoms with Gasteiger partial charge in [0.2, 0.25) is 0 Å². The maximum Gasteiger partial charge on any atom is 0.294 e. The fourth-order valence-electron chi connectivity index (χ4n) is 3.29. The fraction of sp³-hybridized carbons (Fsp3) is 0.102. The Bertz CT molecular complexity index is 2220. The molecule has 0 aliphatic carbocycles. The van der Waals surface area contributed by atoms with Gasteiger partial charge in [0, 0.05) is 0 Å². The van der Waals surface area contributed by atoms with E-state index in [4.69, 9.17) is 18.2 Å². The predicted molar refractivity (Wildman–Crippen MR) is 277 cm³/mol. The molecule has 4 aromatic rings. The normalized spacial score (nSPS) is 9.42. The van der Waals surface area contributed by atoms with E-state index in [9.17, 15) is 33.7 Å². The van der Waals surface area contributed by atoms with Crippen LogP contribution in [0, 0.1) is 0 Å². The summed E-state index contributed by atoms with van der Waals surface area (Å²) in [6.45, 7) is 53.1. The average molecular weight is 975 g/mol. The maximum atomic E-state index is 10.6. The monoisotopic (exact) mass is 974 g/mol. The van der Waals surface area contributed by atoms with Crippen LogP contribution in [0.15, 0.2) is 215 Å². The van der Waals surface area contributed by atoms with Gasteiger partial charge >= 0.3 is 0 Å². The zero-order chi connectivity index (χ0) is 52.6. The maximum absolute atomic E-state index is 10.6. The van der Waals surface area contributed by atoms with Gasteiger partial charge in [0.15, 0.2) is 0 Å². The second-order valence-corrected chi connectivity index (χ2v) is 17.5. The molecule has 4 N–H and O–H groups in total. The first kappa shape index (κ1) is 70.6. The van der Waals surface area contributed by atoms with Crippen LogP contribution in [0.5, 0.6) is 0 Å². The summed E-state index contributed by atoms with van der Waals surface area (Å²) >= 11 is 0. The van der Waals surface area contributed by atoms with Crippen LogP contribution in [0.2, 0.25) is 0 Å². The van der Waals surface area contributed by atoms with E-state index in [1.807, 2.05) is 27.7 Å². The molecule has 0 amide bonds. The average Bonchev–Trinajstić information content (AvgIpc) is 3.25. The van der Waals surface area contributed by atoms with Crippen LogP contribution < -0.4 is 0 Å². The first-order valence-corrected chi connectivity index (χ1v) is 24.0. The van der Waals surface area contributed by atoms with Crippen LogP contribution >= 0.6 is 0 Å². The molecule has 4 aromatic carbocycles. The number of allylic oxidation sites excluding steroid dienone is 2. The van der Waals surface area contributed by atoms with Crippen molar-refractivity contribution in [2.24, 2.45) is 0 Å². The number of hydrogen-bond donors (Lipinski definition) is 4. The van der Waals surface area contributed by atoms with Crippen molar-refractivity contribution in [3.05, 3.63) is 228 Å². The molecule has 0 bridgehead atoms. The van der Waals surface area contributed by atoms with Gasteiger partial charge in [-0.15, -0.1) is 65.8 Å². The lowest BCUT2D eigenvalue weighted by atomic mass is 10.1. The summed E-state index contributed by atoms with van der Waals surface area (Å²) in [6.07, 6.45) is 6.44. The molecule has 0 fully saturated rings. The minimum atomic E-state index is -4.06. The Kier molecular flexibility index (Phi) is 42.9. The van der Waals surface area contributed by atoms with Gasteiger partial charge in [-0.25, -0.2) is 0 Å². The largest absolute Gasteiger partial charge is 0.294 e. The Morgan fingerprint density at radius 2 is 0.538 bits per heavy atom. The van der Waals surface area contributed by atoms with Gasteiger partial charge in [0.05, 0.1) is 14.7 Å². The van der Waals surface area contributed by atoms with E-state index >= 15 is 0 Å². The first-order chi connectivity index (χ1) is 30.1. The van der Waals surface area contributed by atoms with Crippen molar-refractivity contribution in [2.45, 2.75) is 48.1 Å². The highest BCUT2D eigenvalue weighted by atomic mass is 32.2. The summed E-state index contributed by atoms with van der Waals surface area (Å²) in [4.78, 5) is -0.311. The van der Waals surface area contributed by atoms with Gasteiger partial charge in [-0.3, -0.25) is 18.2 Å². The Labute approximate surface area is 390 Å². The number of rotatable bonds is 9. The molecule has 65 heavy (non-hydrogen) atoms. The number of benzene rings is 4. The zero-order valence-corrected chi connectivity index (χ0v) is 41.1. The predicted octanol–water partition coefficient (Wildman–Crippen LogP) is 12.8. The molecule has 358 valence electrons. The Morgan fingerprint density at radius 3 is 0.662 bits per heavy atom. The molecule has 0 spiro atoms. The van der Waals surface area contributed by atoms with Crippen molar-refractivity contribution in [2.75, 3.05) is 0 Å². The van der Waals surface area contributed by atoms with E-state index in [2.05, 4.69) is 92.1 Å². The SMILES string of the molecule is C=C.C=C.C=C.C=C.C=C(C)C.C=C(C)C.C=Cc1ccc(CS(=O)(=O)O)cc1.C=Cc1ccc(S(=O)(=O)O)cc1.C=Cc1ccc(S(=O)(=O)O)cc1.C=Cc1ccc(S(=O)(=O)O)cc1. The third-order valence-electron chi connectivity index (χ3n) is 5.81. The van der Waals surface area contributed by atoms with Gasteiger partial charge in [-0.05, 0) is 91.9 Å². The number of hydrogen-bond acceptors (Lipinski definition) is 8. The lowest BCUT2D eigenvalue weighted by Crippen LogP contribution is -2.01. The molecule has 0 aliphatic heterocycles. The van der Waals surface area contributed by atoms with Crippen molar-refractivity contribution in [3.8, 4) is 0 Å². The van der Waals surface area contributed by atoms with E-state index in [0.717, 1.165) is 22.3 Å². The topological polar surface area (TPSA) is 217 Å². The quantitative estimate of drug-likeness (QED) is 0.0910. The standard InChI is InChI=1S/C9H10O3S.3C8H8O3S.2C4H8.4C2H4/c1-2-8-3-5-9(6-4-8)7-13(10,11)12;3*1-2-7-3-5-8(6-4-7)12(9,10)11;2*1-4(2)3;4*1-2/h2-6H,1,7H2,(H,10,11,12);3*2-6H,1H2,(H,9,10,11);2*1H2,2-3H3;4*1-2H2. The third kappa shape index (κ3) is 43.0.